The van der Waals surface area contributed by atoms with E-state index in [4.69, 9.17) is 0 Å². The minimum atomic E-state index is 0. The van der Waals surface area contributed by atoms with Crippen molar-refractivity contribution >= 4 is 0 Å². The molecule has 0 aromatic heterocycles. The van der Waals surface area contributed by atoms with Gasteiger partial charge in [0, 0.05) is 18.6 Å². The van der Waals surface area contributed by atoms with Crippen molar-refractivity contribution < 1.29 is 18.6 Å². The molecule has 0 amide bonds. The summed E-state index contributed by atoms with van der Waals surface area (Å²) in [6.07, 6.45) is 9.48. The van der Waals surface area contributed by atoms with Crippen LogP contribution in [0, 0.1) is 12.3 Å². The van der Waals surface area contributed by atoms with Crippen molar-refractivity contribution in [3.63, 3.8) is 0 Å². The van der Waals surface area contributed by atoms with Crippen LogP contribution < -0.4 is 0 Å². The molecule has 0 saturated heterocycles. The SMILES string of the molecule is CCC1CC[CH-]CC1.[V]. The Kier molecular flexibility index (Phi) is 5.72. The van der Waals surface area contributed by atoms with Gasteiger partial charge < -0.3 is 6.42 Å². The zero-order valence-corrected chi connectivity index (χ0v) is 7.53. The van der Waals surface area contributed by atoms with Gasteiger partial charge in [-0.1, -0.05) is 26.2 Å². The molecule has 1 saturated carbocycles. The Labute approximate surface area is 70.3 Å². The van der Waals surface area contributed by atoms with Gasteiger partial charge in [-0.15, -0.1) is 0 Å². The molecule has 53 valence electrons. The Morgan fingerprint density at radius 3 is 2.22 bits per heavy atom. The quantitative estimate of drug-likeness (QED) is 0.520. The third-order valence-electron chi connectivity index (χ3n) is 2.14. The molecular weight excluding hydrogens is 147 g/mol. The molecule has 0 N–H and O–H groups in total. The summed E-state index contributed by atoms with van der Waals surface area (Å²) in [6, 6.07) is 0. The van der Waals surface area contributed by atoms with Gasteiger partial charge in [-0.25, -0.2) is 0 Å². The first-order valence-corrected chi connectivity index (χ1v) is 3.75. The van der Waals surface area contributed by atoms with Crippen molar-refractivity contribution in [1.29, 1.82) is 0 Å². The fourth-order valence-corrected chi connectivity index (χ4v) is 1.40. The third-order valence-corrected chi connectivity index (χ3v) is 2.14. The van der Waals surface area contributed by atoms with Crippen LogP contribution in [0.3, 0.4) is 0 Å². The van der Waals surface area contributed by atoms with Gasteiger partial charge in [-0.05, 0) is 5.92 Å². The maximum absolute atomic E-state index is 2.42. The molecule has 9 heavy (non-hydrogen) atoms. The number of hydrogen-bond acceptors (Lipinski definition) is 0. The third kappa shape index (κ3) is 3.32. The summed E-state index contributed by atoms with van der Waals surface area (Å²) in [5.74, 6) is 1.06. The summed E-state index contributed by atoms with van der Waals surface area (Å²) in [5.41, 5.74) is 0. The molecule has 1 fully saturated rings. The van der Waals surface area contributed by atoms with Gasteiger partial charge in [0.2, 0.25) is 0 Å². The Morgan fingerprint density at radius 2 is 1.89 bits per heavy atom. The van der Waals surface area contributed by atoms with Crippen LogP contribution in [-0.2, 0) is 18.6 Å². The Bertz CT molecular complexity index is 55.6. The molecule has 1 rings (SSSR count). The molecule has 1 aliphatic rings. The van der Waals surface area contributed by atoms with Crippen molar-refractivity contribution in [3.8, 4) is 0 Å². The topological polar surface area (TPSA) is 0 Å². The molecule has 0 unspecified atom stereocenters. The van der Waals surface area contributed by atoms with E-state index in [0.717, 1.165) is 5.92 Å². The molecule has 1 aliphatic carbocycles. The predicted molar refractivity (Wildman–Crippen MR) is 36.5 cm³/mol. The minimum absolute atomic E-state index is 0. The number of rotatable bonds is 1. The molecule has 0 bridgehead atoms. The average Bonchev–Trinajstić information content (AvgIpc) is 1.90. The van der Waals surface area contributed by atoms with E-state index in [1.54, 1.807) is 0 Å². The Hall–Kier alpha value is 0.584. The second-order valence-corrected chi connectivity index (χ2v) is 2.72. The van der Waals surface area contributed by atoms with Gasteiger partial charge in [0.15, 0.2) is 0 Å². The maximum atomic E-state index is 2.42. The van der Waals surface area contributed by atoms with Crippen LogP contribution in [-0.4, -0.2) is 0 Å². The zero-order chi connectivity index (χ0) is 5.82. The molecule has 0 aromatic rings. The van der Waals surface area contributed by atoms with Gasteiger partial charge >= 0.3 is 0 Å². The van der Waals surface area contributed by atoms with E-state index in [9.17, 15) is 0 Å². The van der Waals surface area contributed by atoms with Crippen LogP contribution in [0.5, 0.6) is 0 Å². The normalized spacial score (nSPS) is 21.0. The van der Waals surface area contributed by atoms with Crippen molar-refractivity contribution in [1.82, 2.24) is 0 Å². The summed E-state index contributed by atoms with van der Waals surface area (Å²) in [5, 5.41) is 0. The van der Waals surface area contributed by atoms with Crippen LogP contribution in [0.4, 0.5) is 0 Å². The fraction of sp³-hybridized carbons (Fsp3) is 0.875. The molecule has 0 nitrogen and oxygen atoms in total. The van der Waals surface area contributed by atoms with Gasteiger partial charge in [-0.2, -0.15) is 12.8 Å². The summed E-state index contributed by atoms with van der Waals surface area (Å²) in [4.78, 5) is 0. The summed E-state index contributed by atoms with van der Waals surface area (Å²) < 4.78 is 0. The van der Waals surface area contributed by atoms with E-state index in [-0.39, 0.29) is 18.6 Å². The van der Waals surface area contributed by atoms with Gasteiger partial charge in [0.1, 0.15) is 0 Å². The molecule has 1 radical (unpaired) electrons. The predicted octanol–water partition coefficient (Wildman–Crippen LogP) is 2.79. The maximum Gasteiger partial charge on any atom is 0 e. The van der Waals surface area contributed by atoms with Crippen molar-refractivity contribution in [2.45, 2.75) is 39.0 Å². The molecule has 1 heteroatoms. The van der Waals surface area contributed by atoms with Crippen molar-refractivity contribution in [3.05, 3.63) is 6.42 Å². The summed E-state index contributed by atoms with van der Waals surface area (Å²) in [6.45, 7) is 2.30. The minimum Gasteiger partial charge on any atom is -0.328 e. The Morgan fingerprint density at radius 1 is 1.33 bits per heavy atom. The molecule has 0 spiro atoms. The van der Waals surface area contributed by atoms with Gasteiger partial charge in [-0.3, -0.25) is 0 Å². The molecular formula is C8H15V-. The standard InChI is InChI=1S/C8H15.V/c1-2-8-6-4-3-5-7-8;/h3,8H,2,4-7H2,1H3;/q-1;. The van der Waals surface area contributed by atoms with E-state index >= 15 is 0 Å². The number of hydrogen-bond donors (Lipinski definition) is 0. The van der Waals surface area contributed by atoms with Crippen molar-refractivity contribution in [2.24, 2.45) is 5.92 Å². The van der Waals surface area contributed by atoms with Crippen LogP contribution in [0.15, 0.2) is 0 Å². The van der Waals surface area contributed by atoms with Crippen LogP contribution in [0.2, 0.25) is 0 Å². The Balaban J connectivity index is 0.000000640. The van der Waals surface area contributed by atoms with E-state index in [1.165, 1.54) is 32.1 Å². The smallest absolute Gasteiger partial charge is 0 e. The molecule has 0 atom stereocenters. The van der Waals surface area contributed by atoms with E-state index in [2.05, 4.69) is 13.3 Å². The summed E-state index contributed by atoms with van der Waals surface area (Å²) >= 11 is 0. The van der Waals surface area contributed by atoms with Crippen LogP contribution in [0.1, 0.15) is 39.0 Å². The zero-order valence-electron chi connectivity index (χ0n) is 6.14. The molecule has 0 aliphatic heterocycles. The van der Waals surface area contributed by atoms with E-state index < -0.39 is 0 Å². The van der Waals surface area contributed by atoms with Gasteiger partial charge in [0.05, 0.1) is 0 Å². The van der Waals surface area contributed by atoms with Crippen molar-refractivity contribution in [2.75, 3.05) is 0 Å². The van der Waals surface area contributed by atoms with E-state index in [0.29, 0.717) is 0 Å². The first kappa shape index (κ1) is 9.58. The van der Waals surface area contributed by atoms with Crippen LogP contribution in [0.25, 0.3) is 0 Å². The second-order valence-electron chi connectivity index (χ2n) is 2.72. The van der Waals surface area contributed by atoms with E-state index in [1.807, 2.05) is 0 Å². The summed E-state index contributed by atoms with van der Waals surface area (Å²) in [7, 11) is 0. The second kappa shape index (κ2) is 5.38. The fourth-order valence-electron chi connectivity index (χ4n) is 1.40. The molecule has 0 heterocycles. The van der Waals surface area contributed by atoms with Gasteiger partial charge in [0.25, 0.3) is 0 Å². The average molecular weight is 162 g/mol. The monoisotopic (exact) mass is 162 g/mol. The molecule has 0 aromatic carbocycles. The van der Waals surface area contributed by atoms with Crippen LogP contribution >= 0.6 is 0 Å². The first-order valence-electron chi connectivity index (χ1n) is 3.75. The first-order chi connectivity index (χ1) is 3.93. The largest absolute Gasteiger partial charge is 0.328 e.